The summed E-state index contributed by atoms with van der Waals surface area (Å²) in [7, 11) is 0. The van der Waals surface area contributed by atoms with Crippen molar-refractivity contribution in [2.75, 3.05) is 6.54 Å². The van der Waals surface area contributed by atoms with Crippen LogP contribution in [0.2, 0.25) is 0 Å². The number of nitrogens with zero attached hydrogens (tertiary/aromatic N) is 3. The van der Waals surface area contributed by atoms with Gasteiger partial charge in [0.1, 0.15) is 6.04 Å². The second-order valence-electron chi connectivity index (χ2n) is 3.26. The van der Waals surface area contributed by atoms with Crippen LogP contribution in [0.1, 0.15) is 12.1 Å². The van der Waals surface area contributed by atoms with E-state index in [4.69, 9.17) is 16.6 Å². The van der Waals surface area contributed by atoms with Gasteiger partial charge in [0, 0.05) is 19.2 Å². The van der Waals surface area contributed by atoms with Crippen LogP contribution in [0.3, 0.4) is 0 Å². The minimum atomic E-state index is -1.04. The fraction of sp³-hybridized carbons (Fsp3) is 0.625. The highest BCUT2D eigenvalue weighted by Gasteiger charge is 2.14. The van der Waals surface area contributed by atoms with Gasteiger partial charge in [0.05, 0.1) is 5.69 Å². The minimum Gasteiger partial charge on any atom is -0.480 e. The largest absolute Gasteiger partial charge is 0.480 e. The highest BCUT2D eigenvalue weighted by atomic mass is 16.4. The Labute approximate surface area is 87.1 Å². The molecule has 0 bridgehead atoms. The fourth-order valence-electron chi connectivity index (χ4n) is 1.11. The molecule has 7 heteroatoms. The summed E-state index contributed by atoms with van der Waals surface area (Å²) >= 11 is 0. The highest BCUT2D eigenvalue weighted by molar-refractivity contribution is 5.73. The number of carbonyl (C=O) groups is 1. The SMILES string of the molecule is NCCCn1cc(CC(N)C(=O)O)nn1. The van der Waals surface area contributed by atoms with Crippen LogP contribution in [-0.4, -0.2) is 38.7 Å². The first kappa shape index (κ1) is 11.6. The summed E-state index contributed by atoms with van der Waals surface area (Å²) in [4.78, 5) is 10.5. The van der Waals surface area contributed by atoms with Gasteiger partial charge in [-0.2, -0.15) is 0 Å². The molecule has 7 nitrogen and oxygen atoms in total. The van der Waals surface area contributed by atoms with Crippen molar-refractivity contribution in [2.24, 2.45) is 11.5 Å². The predicted octanol–water partition coefficient (Wildman–Crippen LogP) is -1.42. The zero-order chi connectivity index (χ0) is 11.3. The van der Waals surface area contributed by atoms with Gasteiger partial charge in [-0.25, -0.2) is 0 Å². The van der Waals surface area contributed by atoms with Crippen LogP contribution in [0.25, 0.3) is 0 Å². The molecule has 1 unspecified atom stereocenters. The van der Waals surface area contributed by atoms with Crippen LogP contribution in [-0.2, 0) is 17.8 Å². The topological polar surface area (TPSA) is 120 Å². The molecular weight excluding hydrogens is 198 g/mol. The molecule has 1 heterocycles. The maximum atomic E-state index is 10.5. The molecule has 84 valence electrons. The van der Waals surface area contributed by atoms with Gasteiger partial charge in [-0.05, 0) is 13.0 Å². The quantitative estimate of drug-likeness (QED) is 0.533. The van der Waals surface area contributed by atoms with Crippen LogP contribution >= 0.6 is 0 Å². The number of aromatic nitrogens is 3. The van der Waals surface area contributed by atoms with Crippen molar-refractivity contribution in [3.8, 4) is 0 Å². The third-order valence-electron chi connectivity index (χ3n) is 1.92. The summed E-state index contributed by atoms with van der Waals surface area (Å²) in [6.45, 7) is 1.27. The van der Waals surface area contributed by atoms with Crippen LogP contribution in [0.15, 0.2) is 6.20 Å². The summed E-state index contributed by atoms with van der Waals surface area (Å²) in [6, 6.07) is -0.926. The fourth-order valence-corrected chi connectivity index (χ4v) is 1.11. The van der Waals surface area contributed by atoms with Crippen LogP contribution in [0, 0.1) is 0 Å². The Morgan fingerprint density at radius 1 is 1.67 bits per heavy atom. The molecule has 1 rings (SSSR count). The van der Waals surface area contributed by atoms with E-state index in [1.54, 1.807) is 10.9 Å². The summed E-state index contributed by atoms with van der Waals surface area (Å²) in [5, 5.41) is 16.2. The average Bonchev–Trinajstić information content (AvgIpc) is 2.62. The van der Waals surface area contributed by atoms with Gasteiger partial charge in [0.25, 0.3) is 0 Å². The first-order chi connectivity index (χ1) is 7.13. The van der Waals surface area contributed by atoms with E-state index >= 15 is 0 Å². The van der Waals surface area contributed by atoms with Gasteiger partial charge in [0.2, 0.25) is 0 Å². The molecule has 0 amide bonds. The molecule has 1 aromatic rings. The molecule has 0 saturated carbocycles. The van der Waals surface area contributed by atoms with Crippen LogP contribution in [0.5, 0.6) is 0 Å². The summed E-state index contributed by atoms with van der Waals surface area (Å²) in [5.41, 5.74) is 11.3. The molecule has 5 N–H and O–H groups in total. The van der Waals surface area contributed by atoms with Crippen LogP contribution in [0.4, 0.5) is 0 Å². The third kappa shape index (κ3) is 3.64. The standard InChI is InChI=1S/C8H15N5O2/c9-2-1-3-13-5-6(11-12-13)4-7(10)8(14)15/h5,7H,1-4,9-10H2,(H,14,15). The van der Waals surface area contributed by atoms with Crippen LogP contribution < -0.4 is 11.5 Å². The third-order valence-corrected chi connectivity index (χ3v) is 1.92. The second kappa shape index (κ2) is 5.42. The van der Waals surface area contributed by atoms with Gasteiger partial charge >= 0.3 is 5.97 Å². The van der Waals surface area contributed by atoms with Crippen molar-refractivity contribution >= 4 is 5.97 Å². The molecule has 0 aromatic carbocycles. The Morgan fingerprint density at radius 2 is 2.40 bits per heavy atom. The molecule has 1 atom stereocenters. The maximum absolute atomic E-state index is 10.5. The molecule has 15 heavy (non-hydrogen) atoms. The van der Waals surface area contributed by atoms with Gasteiger partial charge in [-0.1, -0.05) is 5.21 Å². The number of carboxylic acid groups (broad SMARTS) is 1. The van der Waals surface area contributed by atoms with E-state index in [0.29, 0.717) is 18.8 Å². The molecule has 0 aliphatic carbocycles. The van der Waals surface area contributed by atoms with E-state index in [1.165, 1.54) is 0 Å². The van der Waals surface area contributed by atoms with Crippen molar-refractivity contribution in [3.63, 3.8) is 0 Å². The number of hydrogen-bond donors (Lipinski definition) is 3. The van der Waals surface area contributed by atoms with Gasteiger partial charge < -0.3 is 16.6 Å². The van der Waals surface area contributed by atoms with Crippen molar-refractivity contribution in [3.05, 3.63) is 11.9 Å². The van der Waals surface area contributed by atoms with Crippen molar-refractivity contribution in [2.45, 2.75) is 25.4 Å². The maximum Gasteiger partial charge on any atom is 0.320 e. The Bertz CT molecular complexity index is 325. The van der Waals surface area contributed by atoms with E-state index < -0.39 is 12.0 Å². The van der Waals surface area contributed by atoms with Gasteiger partial charge in [-0.3, -0.25) is 9.48 Å². The molecule has 1 aromatic heterocycles. The average molecular weight is 213 g/mol. The molecule has 0 aliphatic heterocycles. The van der Waals surface area contributed by atoms with E-state index in [-0.39, 0.29) is 6.42 Å². The van der Waals surface area contributed by atoms with Crippen molar-refractivity contribution in [1.29, 1.82) is 0 Å². The van der Waals surface area contributed by atoms with E-state index in [0.717, 1.165) is 6.42 Å². The number of aryl methyl sites for hydroxylation is 1. The zero-order valence-electron chi connectivity index (χ0n) is 8.33. The Morgan fingerprint density at radius 3 is 3.00 bits per heavy atom. The first-order valence-corrected chi connectivity index (χ1v) is 4.71. The number of carboxylic acids is 1. The van der Waals surface area contributed by atoms with Gasteiger partial charge in [0.15, 0.2) is 0 Å². The summed E-state index contributed by atoms with van der Waals surface area (Å²) in [6.07, 6.45) is 2.70. The Balaban J connectivity index is 2.49. The zero-order valence-corrected chi connectivity index (χ0v) is 8.33. The lowest BCUT2D eigenvalue weighted by molar-refractivity contribution is -0.138. The lowest BCUT2D eigenvalue weighted by Gasteiger charge is -2.01. The lowest BCUT2D eigenvalue weighted by atomic mass is 10.2. The summed E-state index contributed by atoms with van der Waals surface area (Å²) < 4.78 is 1.64. The van der Waals surface area contributed by atoms with E-state index in [1.807, 2.05) is 0 Å². The minimum absolute atomic E-state index is 0.192. The smallest absolute Gasteiger partial charge is 0.320 e. The Hall–Kier alpha value is -1.47. The molecular formula is C8H15N5O2. The van der Waals surface area contributed by atoms with E-state index in [9.17, 15) is 4.79 Å². The lowest BCUT2D eigenvalue weighted by Crippen LogP contribution is -2.32. The molecule has 0 fully saturated rings. The monoisotopic (exact) mass is 213 g/mol. The normalized spacial score (nSPS) is 12.7. The van der Waals surface area contributed by atoms with Crippen molar-refractivity contribution in [1.82, 2.24) is 15.0 Å². The predicted molar refractivity (Wildman–Crippen MR) is 53.0 cm³/mol. The molecule has 0 spiro atoms. The highest BCUT2D eigenvalue weighted by Crippen LogP contribution is 1.98. The van der Waals surface area contributed by atoms with E-state index in [2.05, 4.69) is 10.3 Å². The Kier molecular flexibility index (Phi) is 4.19. The number of aliphatic carboxylic acids is 1. The summed E-state index contributed by atoms with van der Waals surface area (Å²) in [5.74, 6) is -1.04. The van der Waals surface area contributed by atoms with Gasteiger partial charge in [-0.15, -0.1) is 5.10 Å². The molecule has 0 aliphatic rings. The first-order valence-electron chi connectivity index (χ1n) is 4.71. The molecule has 0 radical (unpaired) electrons. The second-order valence-corrected chi connectivity index (χ2v) is 3.26. The number of hydrogen-bond acceptors (Lipinski definition) is 5. The number of rotatable bonds is 6. The molecule has 0 saturated heterocycles. The number of nitrogens with two attached hydrogens (primary N) is 2. The van der Waals surface area contributed by atoms with Crippen molar-refractivity contribution < 1.29 is 9.90 Å².